The third kappa shape index (κ3) is 3.16. The van der Waals surface area contributed by atoms with Gasteiger partial charge in [0.15, 0.2) is 0 Å². The number of nitrogens with zero attached hydrogens (tertiary/aromatic N) is 1. The number of nitrogens with one attached hydrogen (secondary N) is 2. The lowest BCUT2D eigenvalue weighted by Gasteiger charge is -2.09. The molecule has 0 unspecified atom stereocenters. The molecule has 5 nitrogen and oxygen atoms in total. The summed E-state index contributed by atoms with van der Waals surface area (Å²) in [6.07, 6.45) is 1.39. The van der Waals surface area contributed by atoms with Gasteiger partial charge in [-0.2, -0.15) is 0 Å². The number of hydrogen-bond acceptors (Lipinski definition) is 4. The average Bonchev–Trinajstić information content (AvgIpc) is 2.42. The van der Waals surface area contributed by atoms with E-state index in [4.69, 9.17) is 29.0 Å². The standard InChI is InChI=1S/C12H9Cl2FN4O/c13-8-3-6(15)4-9(14)11(8)18-12(20)10-2-1-7(19-16)5-17-10/h1-5,19H,16H2,(H,18,20). The summed E-state index contributed by atoms with van der Waals surface area (Å²) in [4.78, 5) is 15.9. The zero-order chi connectivity index (χ0) is 14.7. The van der Waals surface area contributed by atoms with E-state index in [9.17, 15) is 9.18 Å². The van der Waals surface area contributed by atoms with Crippen LogP contribution in [0.25, 0.3) is 0 Å². The van der Waals surface area contributed by atoms with E-state index in [0.717, 1.165) is 12.1 Å². The van der Waals surface area contributed by atoms with Crippen LogP contribution < -0.4 is 16.6 Å². The molecule has 0 bridgehead atoms. The van der Waals surface area contributed by atoms with Crippen LogP contribution in [0.4, 0.5) is 15.8 Å². The SMILES string of the molecule is NNc1ccc(C(=O)Nc2c(Cl)cc(F)cc2Cl)nc1. The quantitative estimate of drug-likeness (QED) is 0.601. The second kappa shape index (κ2) is 6.04. The van der Waals surface area contributed by atoms with Crippen molar-refractivity contribution in [2.75, 3.05) is 10.7 Å². The molecule has 20 heavy (non-hydrogen) atoms. The molecule has 0 spiro atoms. The number of anilines is 2. The molecule has 0 radical (unpaired) electrons. The van der Waals surface area contributed by atoms with Crippen molar-refractivity contribution in [1.29, 1.82) is 0 Å². The maximum Gasteiger partial charge on any atom is 0.274 e. The first-order valence-electron chi connectivity index (χ1n) is 5.40. The van der Waals surface area contributed by atoms with E-state index < -0.39 is 11.7 Å². The third-order valence-electron chi connectivity index (χ3n) is 2.41. The second-order valence-corrected chi connectivity index (χ2v) is 4.59. The van der Waals surface area contributed by atoms with Crippen molar-refractivity contribution in [2.24, 2.45) is 5.84 Å². The Hall–Kier alpha value is -1.89. The number of hydrogen-bond donors (Lipinski definition) is 3. The molecule has 0 aliphatic carbocycles. The molecule has 104 valence electrons. The lowest BCUT2D eigenvalue weighted by molar-refractivity contribution is 0.102. The third-order valence-corrected chi connectivity index (χ3v) is 3.00. The molecule has 0 fully saturated rings. The number of pyridine rings is 1. The van der Waals surface area contributed by atoms with E-state index in [1.54, 1.807) is 6.07 Å². The van der Waals surface area contributed by atoms with Crippen LogP contribution in [0.5, 0.6) is 0 Å². The van der Waals surface area contributed by atoms with Crippen LogP contribution in [0, 0.1) is 5.82 Å². The monoisotopic (exact) mass is 314 g/mol. The number of nitrogen functional groups attached to an aromatic ring is 1. The first-order valence-corrected chi connectivity index (χ1v) is 6.15. The van der Waals surface area contributed by atoms with E-state index in [-0.39, 0.29) is 21.4 Å². The Balaban J connectivity index is 2.23. The number of halogens is 3. The lowest BCUT2D eigenvalue weighted by Crippen LogP contribution is -2.15. The Morgan fingerprint density at radius 1 is 1.25 bits per heavy atom. The van der Waals surface area contributed by atoms with Gasteiger partial charge >= 0.3 is 0 Å². The minimum absolute atomic E-state index is 0.00333. The molecule has 2 rings (SSSR count). The van der Waals surface area contributed by atoms with Gasteiger partial charge in [0.2, 0.25) is 0 Å². The minimum atomic E-state index is -0.588. The summed E-state index contributed by atoms with van der Waals surface area (Å²) in [6.45, 7) is 0. The molecular weight excluding hydrogens is 306 g/mol. The van der Waals surface area contributed by atoms with E-state index >= 15 is 0 Å². The molecule has 0 saturated carbocycles. The van der Waals surface area contributed by atoms with Gasteiger partial charge in [0, 0.05) is 0 Å². The number of aromatic nitrogens is 1. The number of amides is 1. The fourth-order valence-electron chi connectivity index (χ4n) is 1.45. The number of benzene rings is 1. The van der Waals surface area contributed by atoms with E-state index in [1.807, 2.05) is 0 Å². The van der Waals surface area contributed by atoms with Gasteiger partial charge in [0.05, 0.1) is 27.6 Å². The number of carbonyl (C=O) groups is 1. The fraction of sp³-hybridized carbons (Fsp3) is 0. The summed E-state index contributed by atoms with van der Waals surface area (Å²) in [5.41, 5.74) is 3.21. The van der Waals surface area contributed by atoms with Gasteiger partial charge in [-0.05, 0) is 24.3 Å². The van der Waals surface area contributed by atoms with Gasteiger partial charge in [-0.1, -0.05) is 23.2 Å². The first-order chi connectivity index (χ1) is 9.51. The highest BCUT2D eigenvalue weighted by Gasteiger charge is 2.14. The Labute approximate surface area is 123 Å². The molecule has 4 N–H and O–H groups in total. The maximum atomic E-state index is 13.0. The van der Waals surface area contributed by atoms with Gasteiger partial charge < -0.3 is 10.7 Å². The number of nitrogens with two attached hydrogens (primary N) is 1. The molecular formula is C12H9Cl2FN4O. The molecule has 1 amide bonds. The Kier molecular flexibility index (Phi) is 4.39. The molecule has 1 aromatic carbocycles. The smallest absolute Gasteiger partial charge is 0.274 e. The van der Waals surface area contributed by atoms with Gasteiger partial charge in [-0.15, -0.1) is 0 Å². The fourth-order valence-corrected chi connectivity index (χ4v) is 2.01. The second-order valence-electron chi connectivity index (χ2n) is 3.78. The predicted octanol–water partition coefficient (Wildman–Crippen LogP) is 3.07. The van der Waals surface area contributed by atoms with E-state index in [1.165, 1.54) is 12.3 Å². The summed E-state index contributed by atoms with van der Waals surface area (Å²) in [6, 6.07) is 5.15. The molecule has 0 saturated heterocycles. The molecule has 0 aliphatic rings. The van der Waals surface area contributed by atoms with E-state index in [2.05, 4.69) is 15.7 Å². The number of rotatable bonds is 3. The van der Waals surface area contributed by atoms with E-state index in [0.29, 0.717) is 5.69 Å². The van der Waals surface area contributed by atoms with Crippen LogP contribution in [0.2, 0.25) is 10.0 Å². The van der Waals surface area contributed by atoms with Crippen molar-refractivity contribution >= 4 is 40.5 Å². The Morgan fingerprint density at radius 2 is 1.90 bits per heavy atom. The summed E-state index contributed by atoms with van der Waals surface area (Å²) in [5, 5.41) is 2.48. The van der Waals surface area contributed by atoms with Gasteiger partial charge in [-0.3, -0.25) is 10.6 Å². The van der Waals surface area contributed by atoms with Crippen molar-refractivity contribution in [1.82, 2.24) is 4.98 Å². The normalized spacial score (nSPS) is 10.2. The van der Waals surface area contributed by atoms with Crippen molar-refractivity contribution in [3.05, 3.63) is 52.0 Å². The van der Waals surface area contributed by atoms with Gasteiger partial charge in [-0.25, -0.2) is 9.37 Å². The summed E-state index contributed by atoms with van der Waals surface area (Å²) in [5.74, 6) is 4.08. The topological polar surface area (TPSA) is 80.0 Å². The maximum absolute atomic E-state index is 13.0. The van der Waals surface area contributed by atoms with Crippen LogP contribution >= 0.6 is 23.2 Å². The van der Waals surface area contributed by atoms with Crippen LogP contribution in [0.1, 0.15) is 10.5 Å². The highest BCUT2D eigenvalue weighted by molar-refractivity contribution is 6.40. The van der Waals surface area contributed by atoms with Crippen molar-refractivity contribution in [3.8, 4) is 0 Å². The molecule has 0 aliphatic heterocycles. The Bertz CT molecular complexity index is 625. The lowest BCUT2D eigenvalue weighted by atomic mass is 10.2. The Morgan fingerprint density at radius 3 is 2.40 bits per heavy atom. The molecule has 1 aromatic heterocycles. The predicted molar refractivity (Wildman–Crippen MR) is 76.4 cm³/mol. The number of hydrazine groups is 1. The molecule has 0 atom stereocenters. The van der Waals surface area contributed by atoms with Crippen molar-refractivity contribution in [2.45, 2.75) is 0 Å². The van der Waals surface area contributed by atoms with Crippen LogP contribution in [0.3, 0.4) is 0 Å². The van der Waals surface area contributed by atoms with Crippen LogP contribution in [-0.4, -0.2) is 10.9 Å². The summed E-state index contributed by atoms with van der Waals surface area (Å²) in [7, 11) is 0. The van der Waals surface area contributed by atoms with Gasteiger partial charge in [0.1, 0.15) is 11.5 Å². The molecule has 1 heterocycles. The largest absolute Gasteiger partial charge is 0.323 e. The summed E-state index contributed by atoms with van der Waals surface area (Å²) < 4.78 is 13.0. The zero-order valence-corrected chi connectivity index (χ0v) is 11.5. The molecule has 2 aromatic rings. The average molecular weight is 315 g/mol. The molecule has 8 heteroatoms. The number of carbonyl (C=O) groups excluding carboxylic acids is 1. The highest BCUT2D eigenvalue weighted by atomic mass is 35.5. The summed E-state index contributed by atoms with van der Waals surface area (Å²) >= 11 is 11.7. The van der Waals surface area contributed by atoms with Crippen molar-refractivity contribution < 1.29 is 9.18 Å². The zero-order valence-electron chi connectivity index (χ0n) is 9.95. The first kappa shape index (κ1) is 14.5. The highest BCUT2D eigenvalue weighted by Crippen LogP contribution is 2.31. The van der Waals surface area contributed by atoms with Crippen LogP contribution in [-0.2, 0) is 0 Å². The minimum Gasteiger partial charge on any atom is -0.323 e. The van der Waals surface area contributed by atoms with Crippen LogP contribution in [0.15, 0.2) is 30.5 Å². The van der Waals surface area contributed by atoms with Gasteiger partial charge in [0.25, 0.3) is 5.91 Å². The van der Waals surface area contributed by atoms with Crippen molar-refractivity contribution in [3.63, 3.8) is 0 Å².